The van der Waals surface area contributed by atoms with Crippen molar-refractivity contribution in [2.45, 2.75) is 20.4 Å². The summed E-state index contributed by atoms with van der Waals surface area (Å²) in [6.45, 7) is 4.15. The van der Waals surface area contributed by atoms with Crippen LogP contribution in [-0.4, -0.2) is 32.0 Å². The minimum atomic E-state index is -0.660. The molecule has 0 unspecified atom stereocenters. The molecule has 0 bridgehead atoms. The smallest absolute Gasteiger partial charge is 0.257 e. The maximum absolute atomic E-state index is 11.7. The van der Waals surface area contributed by atoms with E-state index >= 15 is 0 Å². The van der Waals surface area contributed by atoms with E-state index in [1.54, 1.807) is 33.0 Å². The Kier molecular flexibility index (Phi) is 6.17. The van der Waals surface area contributed by atoms with Crippen LogP contribution >= 0.6 is 0 Å². The van der Waals surface area contributed by atoms with Gasteiger partial charge in [-0.1, -0.05) is 12.1 Å². The monoisotopic (exact) mass is 293 g/mol. The Balaban J connectivity index is 2.38. The van der Waals surface area contributed by atoms with E-state index < -0.39 is 5.41 Å². The number of carbonyl (C=O) groups is 2. The van der Waals surface area contributed by atoms with Crippen LogP contribution in [0.1, 0.15) is 19.4 Å². The van der Waals surface area contributed by atoms with Crippen molar-refractivity contribution in [2.75, 3.05) is 20.2 Å². The summed E-state index contributed by atoms with van der Waals surface area (Å²) < 4.78 is 5.37. The van der Waals surface area contributed by atoms with Gasteiger partial charge in [0.05, 0.1) is 5.41 Å². The fourth-order valence-electron chi connectivity index (χ4n) is 1.66. The fraction of sp³-hybridized carbons (Fsp3) is 0.467. The quantitative estimate of drug-likeness (QED) is 0.679. The molecule has 0 aromatic heterocycles. The summed E-state index contributed by atoms with van der Waals surface area (Å²) in [5.74, 6) is 0.212. The Morgan fingerprint density at radius 1 is 1.24 bits per heavy atom. The second kappa shape index (κ2) is 7.64. The Morgan fingerprint density at radius 3 is 2.38 bits per heavy atom. The Bertz CT molecular complexity index is 483. The van der Waals surface area contributed by atoms with Gasteiger partial charge in [0.1, 0.15) is 5.75 Å². The lowest BCUT2D eigenvalue weighted by molar-refractivity contribution is -0.129. The molecule has 1 aromatic rings. The van der Waals surface area contributed by atoms with Crippen LogP contribution in [0.25, 0.3) is 0 Å². The first-order valence-corrected chi connectivity index (χ1v) is 6.79. The van der Waals surface area contributed by atoms with E-state index in [1.165, 1.54) is 0 Å². The second-order valence-corrected chi connectivity index (χ2v) is 5.38. The highest BCUT2D eigenvalue weighted by molar-refractivity contribution is 5.83. The molecule has 2 amide bonds. The van der Waals surface area contributed by atoms with Gasteiger partial charge in [0.15, 0.2) is 6.61 Å². The predicted octanol–water partition coefficient (Wildman–Crippen LogP) is 0.413. The molecule has 6 nitrogen and oxygen atoms in total. The molecular weight excluding hydrogens is 270 g/mol. The molecule has 0 radical (unpaired) electrons. The number of nitrogens with two attached hydrogens (primary N) is 1. The van der Waals surface area contributed by atoms with E-state index in [1.807, 2.05) is 12.1 Å². The van der Waals surface area contributed by atoms with E-state index in [0.717, 1.165) is 5.56 Å². The standard InChI is InChI=1S/C15H23N3O3/c1-15(2,14(20)17-3)10-18-13(19)9-21-12-6-4-11(8-16)5-7-12/h4-7H,8-10,16H2,1-3H3,(H,17,20)(H,18,19). The summed E-state index contributed by atoms with van der Waals surface area (Å²) in [6, 6.07) is 7.23. The zero-order valence-corrected chi connectivity index (χ0v) is 12.7. The average molecular weight is 293 g/mol. The van der Waals surface area contributed by atoms with Crippen LogP contribution < -0.4 is 21.1 Å². The lowest BCUT2D eigenvalue weighted by Crippen LogP contribution is -2.44. The number of hydrogen-bond acceptors (Lipinski definition) is 4. The lowest BCUT2D eigenvalue weighted by atomic mass is 9.92. The number of ether oxygens (including phenoxy) is 1. The highest BCUT2D eigenvalue weighted by Crippen LogP contribution is 2.13. The van der Waals surface area contributed by atoms with Gasteiger partial charge >= 0.3 is 0 Å². The Morgan fingerprint density at radius 2 is 1.86 bits per heavy atom. The third kappa shape index (κ3) is 5.43. The van der Waals surface area contributed by atoms with Crippen LogP contribution in [0.5, 0.6) is 5.75 Å². The first-order valence-electron chi connectivity index (χ1n) is 6.79. The van der Waals surface area contributed by atoms with Gasteiger partial charge in [-0.15, -0.1) is 0 Å². The molecule has 6 heteroatoms. The molecule has 0 spiro atoms. The highest BCUT2D eigenvalue weighted by atomic mass is 16.5. The normalized spacial score (nSPS) is 10.9. The van der Waals surface area contributed by atoms with Gasteiger partial charge in [0.25, 0.3) is 5.91 Å². The predicted molar refractivity (Wildman–Crippen MR) is 80.7 cm³/mol. The lowest BCUT2D eigenvalue weighted by Gasteiger charge is -2.22. The zero-order valence-electron chi connectivity index (χ0n) is 12.7. The van der Waals surface area contributed by atoms with Crippen molar-refractivity contribution < 1.29 is 14.3 Å². The summed E-state index contributed by atoms with van der Waals surface area (Å²) in [7, 11) is 1.57. The zero-order chi connectivity index (χ0) is 15.9. The van der Waals surface area contributed by atoms with Crippen molar-refractivity contribution >= 4 is 11.8 Å². The van der Waals surface area contributed by atoms with Gasteiger partial charge in [-0.3, -0.25) is 9.59 Å². The minimum absolute atomic E-state index is 0.0915. The molecule has 0 saturated carbocycles. The summed E-state index contributed by atoms with van der Waals surface area (Å²) in [6.07, 6.45) is 0. The first-order chi connectivity index (χ1) is 9.89. The van der Waals surface area contributed by atoms with E-state index in [0.29, 0.717) is 12.3 Å². The van der Waals surface area contributed by atoms with Gasteiger partial charge < -0.3 is 21.1 Å². The van der Waals surface area contributed by atoms with Crippen LogP contribution in [0.2, 0.25) is 0 Å². The van der Waals surface area contributed by atoms with Crippen molar-refractivity contribution in [1.29, 1.82) is 0 Å². The summed E-state index contributed by atoms with van der Waals surface area (Å²) in [5, 5.41) is 5.25. The molecule has 0 saturated heterocycles. The van der Waals surface area contributed by atoms with E-state index in [2.05, 4.69) is 10.6 Å². The molecule has 0 fully saturated rings. The molecule has 0 aliphatic carbocycles. The van der Waals surface area contributed by atoms with Crippen molar-refractivity contribution in [3.63, 3.8) is 0 Å². The van der Waals surface area contributed by atoms with E-state index in [-0.39, 0.29) is 25.0 Å². The SMILES string of the molecule is CNC(=O)C(C)(C)CNC(=O)COc1ccc(CN)cc1. The van der Waals surface area contributed by atoms with Gasteiger partial charge in [0.2, 0.25) is 5.91 Å². The maximum atomic E-state index is 11.7. The Hall–Kier alpha value is -2.08. The van der Waals surface area contributed by atoms with E-state index in [9.17, 15) is 9.59 Å². The third-order valence-electron chi connectivity index (χ3n) is 3.10. The summed E-state index contributed by atoms with van der Waals surface area (Å²) >= 11 is 0. The third-order valence-corrected chi connectivity index (χ3v) is 3.10. The molecule has 116 valence electrons. The summed E-state index contributed by atoms with van der Waals surface area (Å²) in [4.78, 5) is 23.3. The second-order valence-electron chi connectivity index (χ2n) is 5.38. The summed E-state index contributed by atoms with van der Waals surface area (Å²) in [5.41, 5.74) is 5.84. The highest BCUT2D eigenvalue weighted by Gasteiger charge is 2.26. The molecule has 4 N–H and O–H groups in total. The minimum Gasteiger partial charge on any atom is -0.484 e. The molecule has 0 aliphatic heterocycles. The van der Waals surface area contributed by atoms with Crippen LogP contribution in [0.4, 0.5) is 0 Å². The van der Waals surface area contributed by atoms with Crippen molar-refractivity contribution in [1.82, 2.24) is 10.6 Å². The largest absolute Gasteiger partial charge is 0.484 e. The molecule has 1 aromatic carbocycles. The van der Waals surface area contributed by atoms with Gasteiger partial charge in [-0.2, -0.15) is 0 Å². The fourth-order valence-corrected chi connectivity index (χ4v) is 1.66. The first kappa shape index (κ1) is 17.0. The topological polar surface area (TPSA) is 93.5 Å². The van der Waals surface area contributed by atoms with Crippen LogP contribution in [0, 0.1) is 5.41 Å². The molecule has 0 heterocycles. The van der Waals surface area contributed by atoms with Gasteiger partial charge in [0, 0.05) is 20.1 Å². The van der Waals surface area contributed by atoms with Crippen molar-refractivity contribution in [3.8, 4) is 5.75 Å². The maximum Gasteiger partial charge on any atom is 0.257 e. The van der Waals surface area contributed by atoms with Crippen molar-refractivity contribution in [2.24, 2.45) is 11.1 Å². The number of rotatable bonds is 7. The molecule has 21 heavy (non-hydrogen) atoms. The van der Waals surface area contributed by atoms with Gasteiger partial charge in [-0.05, 0) is 31.5 Å². The van der Waals surface area contributed by atoms with E-state index in [4.69, 9.17) is 10.5 Å². The van der Waals surface area contributed by atoms with Crippen LogP contribution in [0.3, 0.4) is 0 Å². The van der Waals surface area contributed by atoms with Crippen molar-refractivity contribution in [3.05, 3.63) is 29.8 Å². The van der Waals surface area contributed by atoms with Crippen LogP contribution in [0.15, 0.2) is 24.3 Å². The molecule has 1 rings (SSSR count). The number of nitrogens with one attached hydrogen (secondary N) is 2. The average Bonchev–Trinajstić information content (AvgIpc) is 2.50. The van der Waals surface area contributed by atoms with Crippen LogP contribution in [-0.2, 0) is 16.1 Å². The number of amides is 2. The van der Waals surface area contributed by atoms with Gasteiger partial charge in [-0.25, -0.2) is 0 Å². The molecule has 0 aliphatic rings. The number of benzene rings is 1. The Labute approximate surface area is 125 Å². The number of hydrogen-bond donors (Lipinski definition) is 3. The molecule has 0 atom stereocenters. The molecular formula is C15H23N3O3. The number of carbonyl (C=O) groups excluding carboxylic acids is 2.